The quantitative estimate of drug-likeness (QED) is 0.704. The molecular formula is C21H23Cl2FN2O2. The van der Waals surface area contributed by atoms with Gasteiger partial charge in [-0.2, -0.15) is 0 Å². The van der Waals surface area contributed by atoms with Gasteiger partial charge in [0.15, 0.2) is 0 Å². The van der Waals surface area contributed by atoms with Crippen molar-refractivity contribution in [2.75, 3.05) is 0 Å². The minimum absolute atomic E-state index is 0.0757. The molecule has 4 nitrogen and oxygen atoms in total. The van der Waals surface area contributed by atoms with Crippen molar-refractivity contribution in [3.63, 3.8) is 0 Å². The smallest absolute Gasteiger partial charge is 0.242 e. The van der Waals surface area contributed by atoms with Gasteiger partial charge in [-0.15, -0.1) is 0 Å². The number of carbonyl (C=O) groups is 2. The second kappa shape index (κ2) is 9.89. The van der Waals surface area contributed by atoms with Crippen molar-refractivity contribution in [3.05, 3.63) is 69.5 Å². The molecule has 0 fully saturated rings. The molecule has 0 saturated carbocycles. The number of nitrogens with one attached hydrogen (secondary N) is 1. The zero-order chi connectivity index (χ0) is 20.8. The van der Waals surface area contributed by atoms with E-state index < -0.39 is 17.8 Å². The fourth-order valence-corrected chi connectivity index (χ4v) is 3.18. The minimum atomic E-state index is -0.767. The summed E-state index contributed by atoms with van der Waals surface area (Å²) in [6, 6.07) is 10.5. The molecule has 0 bridgehead atoms. The van der Waals surface area contributed by atoms with Gasteiger partial charge < -0.3 is 10.2 Å². The third-order valence-corrected chi connectivity index (χ3v) is 5.01. The van der Waals surface area contributed by atoms with Gasteiger partial charge in [-0.05, 0) is 44.5 Å². The van der Waals surface area contributed by atoms with Gasteiger partial charge in [-0.3, -0.25) is 9.59 Å². The van der Waals surface area contributed by atoms with Gasteiger partial charge in [-0.25, -0.2) is 4.39 Å². The normalized spacial score (nSPS) is 12.0. The zero-order valence-electron chi connectivity index (χ0n) is 16.0. The van der Waals surface area contributed by atoms with Crippen LogP contribution in [0.2, 0.25) is 10.0 Å². The van der Waals surface area contributed by atoms with Crippen LogP contribution in [0, 0.1) is 5.82 Å². The predicted molar refractivity (Wildman–Crippen MR) is 110 cm³/mol. The molecule has 0 heterocycles. The summed E-state index contributed by atoms with van der Waals surface area (Å²) in [5.74, 6) is -1.27. The van der Waals surface area contributed by atoms with Crippen molar-refractivity contribution in [2.24, 2.45) is 0 Å². The molecule has 0 radical (unpaired) electrons. The molecule has 0 spiro atoms. The summed E-state index contributed by atoms with van der Waals surface area (Å²) in [5.41, 5.74) is 0.802. The summed E-state index contributed by atoms with van der Waals surface area (Å²) >= 11 is 12.3. The van der Waals surface area contributed by atoms with E-state index in [2.05, 4.69) is 5.32 Å². The van der Waals surface area contributed by atoms with Crippen LogP contribution in [0.5, 0.6) is 0 Å². The Hall–Kier alpha value is -2.11. The van der Waals surface area contributed by atoms with Gasteiger partial charge in [0.1, 0.15) is 11.9 Å². The van der Waals surface area contributed by atoms with E-state index in [0.717, 1.165) is 0 Å². The van der Waals surface area contributed by atoms with E-state index in [-0.39, 0.29) is 35.5 Å². The molecule has 0 aliphatic heterocycles. The number of benzene rings is 2. The first kappa shape index (κ1) is 22.2. The van der Waals surface area contributed by atoms with Gasteiger partial charge in [0.25, 0.3) is 0 Å². The highest BCUT2D eigenvalue weighted by atomic mass is 35.5. The molecular weight excluding hydrogens is 402 g/mol. The van der Waals surface area contributed by atoms with E-state index in [0.29, 0.717) is 10.6 Å². The topological polar surface area (TPSA) is 49.4 Å². The Labute approximate surface area is 174 Å². The Morgan fingerprint density at radius 3 is 2.29 bits per heavy atom. The van der Waals surface area contributed by atoms with E-state index >= 15 is 0 Å². The van der Waals surface area contributed by atoms with Crippen molar-refractivity contribution >= 4 is 35.0 Å². The summed E-state index contributed by atoms with van der Waals surface area (Å²) in [6.07, 6.45) is -0.255. The second-order valence-corrected chi connectivity index (χ2v) is 7.64. The first-order chi connectivity index (χ1) is 13.2. The molecule has 2 aromatic rings. The molecule has 0 saturated heterocycles. The van der Waals surface area contributed by atoms with Gasteiger partial charge in [0.2, 0.25) is 11.8 Å². The van der Waals surface area contributed by atoms with E-state index in [9.17, 15) is 14.0 Å². The van der Waals surface area contributed by atoms with Crippen molar-refractivity contribution in [3.8, 4) is 0 Å². The molecule has 2 rings (SSSR count). The highest BCUT2D eigenvalue weighted by molar-refractivity contribution is 6.31. The number of rotatable bonds is 7. The number of carbonyl (C=O) groups excluding carboxylic acids is 2. The standard InChI is InChI=1S/C21H23Cl2FN2O2/c1-13(2)25-21(28)14(3)26(12-15-7-4-5-8-17(15)22)20(27)11-16-18(23)9-6-10-19(16)24/h4-10,13-14H,11-12H2,1-3H3,(H,25,28). The first-order valence-electron chi connectivity index (χ1n) is 8.96. The van der Waals surface area contributed by atoms with Crippen LogP contribution in [0.15, 0.2) is 42.5 Å². The molecule has 7 heteroatoms. The molecule has 0 aliphatic rings. The van der Waals surface area contributed by atoms with E-state index in [4.69, 9.17) is 23.2 Å². The van der Waals surface area contributed by atoms with Crippen LogP contribution in [0.1, 0.15) is 31.9 Å². The average molecular weight is 425 g/mol. The van der Waals surface area contributed by atoms with Gasteiger partial charge in [0, 0.05) is 28.2 Å². The average Bonchev–Trinajstić information content (AvgIpc) is 2.63. The lowest BCUT2D eigenvalue weighted by atomic mass is 10.1. The lowest BCUT2D eigenvalue weighted by Gasteiger charge is -2.30. The fraction of sp³-hybridized carbons (Fsp3) is 0.333. The number of amides is 2. The van der Waals surface area contributed by atoms with Crippen LogP contribution in [0.3, 0.4) is 0 Å². The third-order valence-electron chi connectivity index (χ3n) is 4.29. The maximum atomic E-state index is 14.1. The van der Waals surface area contributed by atoms with Crippen molar-refractivity contribution in [2.45, 2.75) is 45.8 Å². The van der Waals surface area contributed by atoms with Gasteiger partial charge >= 0.3 is 0 Å². The zero-order valence-corrected chi connectivity index (χ0v) is 17.5. The van der Waals surface area contributed by atoms with Crippen molar-refractivity contribution in [1.82, 2.24) is 10.2 Å². The second-order valence-electron chi connectivity index (χ2n) is 6.83. The monoisotopic (exact) mass is 424 g/mol. The molecule has 2 aromatic carbocycles. The van der Waals surface area contributed by atoms with Crippen LogP contribution in [-0.2, 0) is 22.6 Å². The van der Waals surface area contributed by atoms with Crippen LogP contribution in [0.4, 0.5) is 4.39 Å². The predicted octanol–water partition coefficient (Wildman–Crippen LogP) is 4.62. The SMILES string of the molecule is CC(C)NC(=O)C(C)N(Cc1ccccc1Cl)C(=O)Cc1c(F)cccc1Cl. The summed E-state index contributed by atoms with van der Waals surface area (Å²) in [5, 5.41) is 3.46. The van der Waals surface area contributed by atoms with Crippen LogP contribution >= 0.6 is 23.2 Å². The molecule has 0 aliphatic carbocycles. The lowest BCUT2D eigenvalue weighted by molar-refractivity contribution is -0.140. The lowest BCUT2D eigenvalue weighted by Crippen LogP contribution is -2.49. The number of hydrogen-bond acceptors (Lipinski definition) is 2. The molecule has 28 heavy (non-hydrogen) atoms. The summed E-state index contributed by atoms with van der Waals surface area (Å²) in [7, 11) is 0. The maximum Gasteiger partial charge on any atom is 0.242 e. The molecule has 1 atom stereocenters. The fourth-order valence-electron chi connectivity index (χ4n) is 2.75. The number of halogens is 3. The highest BCUT2D eigenvalue weighted by Crippen LogP contribution is 2.23. The largest absolute Gasteiger partial charge is 0.352 e. The molecule has 0 aromatic heterocycles. The summed E-state index contributed by atoms with van der Waals surface area (Å²) in [6.45, 7) is 5.43. The van der Waals surface area contributed by atoms with Gasteiger partial charge in [0.05, 0.1) is 6.42 Å². The van der Waals surface area contributed by atoms with Crippen LogP contribution in [-0.4, -0.2) is 28.8 Å². The van der Waals surface area contributed by atoms with Crippen molar-refractivity contribution in [1.29, 1.82) is 0 Å². The molecule has 1 unspecified atom stereocenters. The van der Waals surface area contributed by atoms with Crippen LogP contribution in [0.25, 0.3) is 0 Å². The molecule has 2 amide bonds. The van der Waals surface area contributed by atoms with Gasteiger partial charge in [-0.1, -0.05) is 47.5 Å². The number of hydrogen-bond donors (Lipinski definition) is 1. The highest BCUT2D eigenvalue weighted by Gasteiger charge is 2.28. The summed E-state index contributed by atoms with van der Waals surface area (Å²) < 4.78 is 14.1. The van der Waals surface area contributed by atoms with E-state index in [1.54, 1.807) is 31.2 Å². The summed E-state index contributed by atoms with van der Waals surface area (Å²) in [4.78, 5) is 27.0. The minimum Gasteiger partial charge on any atom is -0.352 e. The Kier molecular flexibility index (Phi) is 7.84. The Balaban J connectivity index is 2.32. The van der Waals surface area contributed by atoms with Crippen LogP contribution < -0.4 is 5.32 Å². The molecule has 1 N–H and O–H groups in total. The first-order valence-corrected chi connectivity index (χ1v) is 9.72. The number of nitrogens with zero attached hydrogens (tertiary/aromatic N) is 1. The Bertz CT molecular complexity index is 838. The maximum absolute atomic E-state index is 14.1. The third kappa shape index (κ3) is 5.69. The Morgan fingerprint density at radius 2 is 1.68 bits per heavy atom. The van der Waals surface area contributed by atoms with E-state index in [1.807, 2.05) is 13.8 Å². The Morgan fingerprint density at radius 1 is 1.04 bits per heavy atom. The molecule has 150 valence electrons. The van der Waals surface area contributed by atoms with E-state index in [1.165, 1.54) is 23.1 Å². The van der Waals surface area contributed by atoms with Crippen molar-refractivity contribution < 1.29 is 14.0 Å².